The number of carbonyl (C=O) groups is 1. The van der Waals surface area contributed by atoms with Crippen LogP contribution in [0, 0.1) is 11.8 Å². The molecule has 0 spiro atoms. The van der Waals surface area contributed by atoms with E-state index < -0.39 is 0 Å². The molecule has 0 saturated heterocycles. The Balaban J connectivity index is 1.91. The fourth-order valence-corrected chi connectivity index (χ4v) is 1.48. The number of nitrogens with two attached hydrogens (primary N) is 1. The van der Waals surface area contributed by atoms with Gasteiger partial charge in [0.25, 0.3) is 5.91 Å². The lowest BCUT2D eigenvalue weighted by Gasteiger charge is -2.03. The van der Waals surface area contributed by atoms with Crippen molar-refractivity contribution in [2.24, 2.45) is 5.73 Å². The minimum absolute atomic E-state index is 0.225. The Kier molecular flexibility index (Phi) is 4.81. The van der Waals surface area contributed by atoms with E-state index in [0.29, 0.717) is 29.9 Å². The second kappa shape index (κ2) is 7.01. The quantitative estimate of drug-likeness (QED) is 0.742. The first-order chi connectivity index (χ1) is 9.79. The largest absolute Gasteiger partial charge is 0.352 e. The standard InChI is InChI=1S/C13H13N5O2/c14-4-1-2-10-6-11(8-15-7-10)13(19)16-5-3-12-17-9-20-18-12/h6-9H,3-5,14H2,(H,16,19). The first-order valence-corrected chi connectivity index (χ1v) is 5.97. The highest BCUT2D eigenvalue weighted by molar-refractivity contribution is 5.94. The van der Waals surface area contributed by atoms with E-state index in [0.717, 1.165) is 0 Å². The predicted octanol–water partition coefficient (Wildman–Crippen LogP) is -0.253. The molecule has 2 heterocycles. The zero-order valence-electron chi connectivity index (χ0n) is 10.7. The maximum atomic E-state index is 11.9. The zero-order chi connectivity index (χ0) is 14.2. The number of amides is 1. The summed E-state index contributed by atoms with van der Waals surface area (Å²) in [6, 6.07) is 1.67. The number of hydrogen-bond acceptors (Lipinski definition) is 6. The third kappa shape index (κ3) is 3.90. The SMILES string of the molecule is NCC#Cc1cncc(C(=O)NCCc2ncon2)c1. The summed E-state index contributed by atoms with van der Waals surface area (Å²) in [7, 11) is 0. The first kappa shape index (κ1) is 13.7. The Bertz CT molecular complexity index is 628. The van der Waals surface area contributed by atoms with Gasteiger partial charge in [-0.15, -0.1) is 0 Å². The van der Waals surface area contributed by atoms with Crippen LogP contribution in [-0.2, 0) is 6.42 Å². The van der Waals surface area contributed by atoms with Gasteiger partial charge in [-0.2, -0.15) is 4.98 Å². The predicted molar refractivity (Wildman–Crippen MR) is 70.5 cm³/mol. The molecule has 0 aromatic carbocycles. The molecule has 1 amide bonds. The van der Waals surface area contributed by atoms with E-state index in [1.54, 1.807) is 12.3 Å². The van der Waals surface area contributed by atoms with E-state index >= 15 is 0 Å². The van der Waals surface area contributed by atoms with Crippen LogP contribution in [0.25, 0.3) is 0 Å². The van der Waals surface area contributed by atoms with E-state index in [-0.39, 0.29) is 12.5 Å². The van der Waals surface area contributed by atoms with Crippen LogP contribution in [0.2, 0.25) is 0 Å². The van der Waals surface area contributed by atoms with Crippen molar-refractivity contribution >= 4 is 5.91 Å². The Labute approximate surface area is 115 Å². The summed E-state index contributed by atoms with van der Waals surface area (Å²) in [4.78, 5) is 19.7. The number of hydrogen-bond donors (Lipinski definition) is 2. The number of nitrogens with one attached hydrogen (secondary N) is 1. The third-order valence-corrected chi connectivity index (χ3v) is 2.38. The summed E-state index contributed by atoms with van der Waals surface area (Å²) in [5, 5.41) is 6.40. The van der Waals surface area contributed by atoms with Crippen LogP contribution in [0.1, 0.15) is 21.7 Å². The summed E-state index contributed by atoms with van der Waals surface area (Å²) in [6.07, 6.45) is 4.82. The van der Waals surface area contributed by atoms with E-state index in [1.807, 2.05) is 0 Å². The summed E-state index contributed by atoms with van der Waals surface area (Å²) >= 11 is 0. The molecule has 0 aliphatic rings. The van der Waals surface area contributed by atoms with Gasteiger partial charge in [0.15, 0.2) is 5.82 Å². The van der Waals surface area contributed by atoms with Gasteiger partial charge in [-0.05, 0) is 6.07 Å². The smallest absolute Gasteiger partial charge is 0.252 e. The van der Waals surface area contributed by atoms with Gasteiger partial charge >= 0.3 is 0 Å². The van der Waals surface area contributed by atoms with Crippen LogP contribution < -0.4 is 11.1 Å². The van der Waals surface area contributed by atoms with Crippen molar-refractivity contribution in [3.05, 3.63) is 41.8 Å². The number of aromatic nitrogens is 3. The fraction of sp³-hybridized carbons (Fsp3) is 0.231. The number of pyridine rings is 1. The minimum atomic E-state index is -0.225. The average molecular weight is 271 g/mol. The van der Waals surface area contributed by atoms with Gasteiger partial charge < -0.3 is 15.6 Å². The molecule has 0 aliphatic carbocycles. The van der Waals surface area contributed by atoms with Gasteiger partial charge in [0.05, 0.1) is 12.1 Å². The van der Waals surface area contributed by atoms with Gasteiger partial charge in [0.1, 0.15) is 0 Å². The van der Waals surface area contributed by atoms with Crippen molar-refractivity contribution in [2.75, 3.05) is 13.1 Å². The van der Waals surface area contributed by atoms with Crippen LogP contribution in [-0.4, -0.2) is 34.1 Å². The van der Waals surface area contributed by atoms with E-state index in [2.05, 4.69) is 36.8 Å². The third-order valence-electron chi connectivity index (χ3n) is 2.38. The molecule has 0 saturated carbocycles. The molecule has 3 N–H and O–H groups in total. The average Bonchev–Trinajstić information content (AvgIpc) is 2.98. The highest BCUT2D eigenvalue weighted by Crippen LogP contribution is 2.01. The molecule has 20 heavy (non-hydrogen) atoms. The molecule has 0 unspecified atom stereocenters. The molecular weight excluding hydrogens is 258 g/mol. The van der Waals surface area contributed by atoms with Crippen molar-refractivity contribution < 1.29 is 9.32 Å². The van der Waals surface area contributed by atoms with Crippen LogP contribution >= 0.6 is 0 Å². The fourth-order valence-electron chi connectivity index (χ4n) is 1.48. The van der Waals surface area contributed by atoms with Crippen LogP contribution in [0.4, 0.5) is 0 Å². The Morgan fingerprint density at radius 3 is 3.10 bits per heavy atom. The molecule has 7 heteroatoms. The van der Waals surface area contributed by atoms with Crippen LogP contribution in [0.3, 0.4) is 0 Å². The van der Waals surface area contributed by atoms with Crippen molar-refractivity contribution in [3.63, 3.8) is 0 Å². The van der Waals surface area contributed by atoms with Crippen LogP contribution in [0.5, 0.6) is 0 Å². The summed E-state index contributed by atoms with van der Waals surface area (Å²) in [6.45, 7) is 0.679. The van der Waals surface area contributed by atoms with E-state index in [9.17, 15) is 4.79 Å². The molecule has 0 bridgehead atoms. The number of rotatable bonds is 4. The van der Waals surface area contributed by atoms with E-state index in [4.69, 9.17) is 5.73 Å². The maximum absolute atomic E-state index is 11.9. The lowest BCUT2D eigenvalue weighted by atomic mass is 10.2. The second-order valence-corrected chi connectivity index (χ2v) is 3.82. The normalized spacial score (nSPS) is 9.65. The Morgan fingerprint density at radius 2 is 2.35 bits per heavy atom. The van der Waals surface area contributed by atoms with Gasteiger partial charge in [-0.3, -0.25) is 9.78 Å². The maximum Gasteiger partial charge on any atom is 0.252 e. The van der Waals surface area contributed by atoms with Gasteiger partial charge in [0, 0.05) is 30.9 Å². The van der Waals surface area contributed by atoms with E-state index in [1.165, 1.54) is 12.6 Å². The first-order valence-electron chi connectivity index (χ1n) is 5.97. The number of nitrogens with zero attached hydrogens (tertiary/aromatic N) is 3. The lowest BCUT2D eigenvalue weighted by Crippen LogP contribution is -2.26. The highest BCUT2D eigenvalue weighted by Gasteiger charge is 2.06. The molecular formula is C13H13N5O2. The molecule has 0 radical (unpaired) electrons. The monoisotopic (exact) mass is 271 g/mol. The van der Waals surface area contributed by atoms with Crippen molar-refractivity contribution in [2.45, 2.75) is 6.42 Å². The molecule has 2 aromatic heterocycles. The second-order valence-electron chi connectivity index (χ2n) is 3.82. The highest BCUT2D eigenvalue weighted by atomic mass is 16.5. The van der Waals surface area contributed by atoms with Crippen molar-refractivity contribution in [3.8, 4) is 11.8 Å². The van der Waals surface area contributed by atoms with Crippen molar-refractivity contribution in [1.82, 2.24) is 20.4 Å². The van der Waals surface area contributed by atoms with Crippen molar-refractivity contribution in [1.29, 1.82) is 0 Å². The molecule has 2 aromatic rings. The topological polar surface area (TPSA) is 107 Å². The Hall–Kier alpha value is -2.72. The van der Waals surface area contributed by atoms with Crippen LogP contribution in [0.15, 0.2) is 29.4 Å². The lowest BCUT2D eigenvalue weighted by molar-refractivity contribution is 0.0953. The molecule has 0 atom stereocenters. The molecule has 0 aliphatic heterocycles. The molecule has 102 valence electrons. The summed E-state index contributed by atoms with van der Waals surface area (Å²) in [5.74, 6) is 5.86. The summed E-state index contributed by atoms with van der Waals surface area (Å²) < 4.78 is 4.60. The molecule has 0 fully saturated rings. The van der Waals surface area contributed by atoms with Gasteiger partial charge in [-0.1, -0.05) is 17.0 Å². The zero-order valence-corrected chi connectivity index (χ0v) is 10.7. The van der Waals surface area contributed by atoms with Gasteiger partial charge in [0.2, 0.25) is 6.39 Å². The molecule has 2 rings (SSSR count). The Morgan fingerprint density at radius 1 is 1.45 bits per heavy atom. The molecule has 7 nitrogen and oxygen atoms in total. The minimum Gasteiger partial charge on any atom is -0.352 e. The number of carbonyl (C=O) groups excluding carboxylic acids is 1. The summed E-state index contributed by atoms with van der Waals surface area (Å²) in [5.41, 5.74) is 6.39. The van der Waals surface area contributed by atoms with Gasteiger partial charge in [-0.25, -0.2) is 0 Å².